The molecule has 0 aliphatic carbocycles. The minimum Gasteiger partial charge on any atom is -0.384 e. The van der Waals surface area contributed by atoms with Crippen molar-refractivity contribution in [1.82, 2.24) is 9.71 Å². The Balaban J connectivity index is 2.26. The van der Waals surface area contributed by atoms with Gasteiger partial charge in [-0.15, -0.1) is 0 Å². The number of rotatable bonds is 5. The van der Waals surface area contributed by atoms with E-state index in [4.69, 9.17) is 5.73 Å². The highest BCUT2D eigenvalue weighted by atomic mass is 32.2. The van der Waals surface area contributed by atoms with Crippen molar-refractivity contribution in [1.29, 1.82) is 0 Å². The molecule has 2 rings (SSSR count). The number of benzene rings is 1. The molecule has 0 fully saturated rings. The number of nitrogens with one attached hydrogen (secondary N) is 2. The molecule has 0 amide bonds. The summed E-state index contributed by atoms with van der Waals surface area (Å²) in [5, 5.41) is 3.21. The minimum absolute atomic E-state index is 0.139. The Morgan fingerprint density at radius 1 is 1.25 bits per heavy atom. The summed E-state index contributed by atoms with van der Waals surface area (Å²) < 4.78 is 15.2. The number of hydrogen-bond acceptors (Lipinski definition) is 4. The molecular weight excluding hydrogens is 272 g/mol. The zero-order valence-corrected chi connectivity index (χ0v) is 12.3. The Bertz CT molecular complexity index is 616. The summed E-state index contributed by atoms with van der Waals surface area (Å²) in [5.41, 5.74) is 7.25. The Morgan fingerprint density at radius 2 is 2.00 bits per heavy atom. The monoisotopic (exact) mass is 290 g/mol. The molecule has 6 heteroatoms. The molecule has 0 saturated heterocycles. The first kappa shape index (κ1) is 14.5. The number of aromatic nitrogens is 1. The maximum Gasteiger partial charge on any atom is 0.127 e. The Morgan fingerprint density at radius 3 is 2.70 bits per heavy atom. The SMILES string of the molecule is CC(C)NS(=O)c1ccccc1Nc1ccnc(N)c1. The van der Waals surface area contributed by atoms with Gasteiger partial charge in [-0.3, -0.25) is 0 Å². The lowest BCUT2D eigenvalue weighted by atomic mass is 10.3. The van der Waals surface area contributed by atoms with Gasteiger partial charge >= 0.3 is 0 Å². The van der Waals surface area contributed by atoms with Crippen molar-refractivity contribution < 1.29 is 4.21 Å². The van der Waals surface area contributed by atoms with E-state index in [2.05, 4.69) is 15.0 Å². The predicted molar refractivity (Wildman–Crippen MR) is 83.1 cm³/mol. The second kappa shape index (κ2) is 6.49. The predicted octanol–water partition coefficient (Wildman–Crippen LogP) is 2.43. The van der Waals surface area contributed by atoms with Crippen LogP contribution in [0.25, 0.3) is 0 Å². The molecule has 1 unspecified atom stereocenters. The van der Waals surface area contributed by atoms with Gasteiger partial charge in [0, 0.05) is 24.0 Å². The van der Waals surface area contributed by atoms with E-state index in [0.29, 0.717) is 10.7 Å². The van der Waals surface area contributed by atoms with E-state index in [1.807, 2.05) is 44.2 Å². The lowest BCUT2D eigenvalue weighted by Crippen LogP contribution is -2.25. The average molecular weight is 290 g/mol. The number of hydrogen-bond donors (Lipinski definition) is 3. The summed E-state index contributed by atoms with van der Waals surface area (Å²) in [7, 11) is -1.26. The van der Waals surface area contributed by atoms with Crippen LogP contribution in [0.2, 0.25) is 0 Å². The molecule has 0 spiro atoms. The summed E-state index contributed by atoms with van der Waals surface area (Å²) in [6.45, 7) is 3.91. The summed E-state index contributed by atoms with van der Waals surface area (Å²) in [6, 6.07) is 11.1. The van der Waals surface area contributed by atoms with Crippen LogP contribution in [0, 0.1) is 0 Å². The number of nitrogens with two attached hydrogens (primary N) is 1. The molecular formula is C14H18N4OS. The second-order valence-electron chi connectivity index (χ2n) is 4.63. The van der Waals surface area contributed by atoms with Gasteiger partial charge in [0.05, 0.1) is 10.6 Å². The van der Waals surface area contributed by atoms with Gasteiger partial charge in [-0.1, -0.05) is 12.1 Å². The quantitative estimate of drug-likeness (QED) is 0.790. The number of nitrogen functional groups attached to an aromatic ring is 1. The molecule has 20 heavy (non-hydrogen) atoms. The molecule has 1 atom stereocenters. The van der Waals surface area contributed by atoms with Gasteiger partial charge in [0.15, 0.2) is 0 Å². The van der Waals surface area contributed by atoms with Crippen LogP contribution < -0.4 is 15.8 Å². The third-order valence-electron chi connectivity index (χ3n) is 2.49. The van der Waals surface area contributed by atoms with Gasteiger partial charge in [-0.2, -0.15) is 0 Å². The number of para-hydroxylation sites is 1. The van der Waals surface area contributed by atoms with Crippen molar-refractivity contribution in [3.63, 3.8) is 0 Å². The lowest BCUT2D eigenvalue weighted by molar-refractivity contribution is 0.656. The topological polar surface area (TPSA) is 80.0 Å². The average Bonchev–Trinajstić information content (AvgIpc) is 2.38. The first-order chi connectivity index (χ1) is 9.56. The van der Waals surface area contributed by atoms with E-state index >= 15 is 0 Å². The molecule has 0 bridgehead atoms. The first-order valence-corrected chi connectivity index (χ1v) is 7.47. The van der Waals surface area contributed by atoms with Crippen LogP contribution in [0.1, 0.15) is 13.8 Å². The summed E-state index contributed by atoms with van der Waals surface area (Å²) >= 11 is 0. The van der Waals surface area contributed by atoms with Gasteiger partial charge in [-0.25, -0.2) is 13.9 Å². The highest BCUT2D eigenvalue weighted by Gasteiger charge is 2.10. The maximum atomic E-state index is 12.3. The zero-order chi connectivity index (χ0) is 14.5. The largest absolute Gasteiger partial charge is 0.384 e. The first-order valence-electron chi connectivity index (χ1n) is 6.32. The van der Waals surface area contributed by atoms with E-state index in [1.165, 1.54) is 0 Å². The zero-order valence-electron chi connectivity index (χ0n) is 11.5. The van der Waals surface area contributed by atoms with Gasteiger partial charge in [0.2, 0.25) is 0 Å². The van der Waals surface area contributed by atoms with E-state index in [0.717, 1.165) is 11.4 Å². The molecule has 0 saturated carbocycles. The normalized spacial score (nSPS) is 12.3. The molecule has 106 valence electrons. The number of pyridine rings is 1. The van der Waals surface area contributed by atoms with E-state index < -0.39 is 11.0 Å². The Kier molecular flexibility index (Phi) is 4.70. The van der Waals surface area contributed by atoms with E-state index in [1.54, 1.807) is 12.3 Å². The summed E-state index contributed by atoms with van der Waals surface area (Å²) in [6.07, 6.45) is 1.63. The van der Waals surface area contributed by atoms with Gasteiger partial charge < -0.3 is 11.1 Å². The highest BCUT2D eigenvalue weighted by Crippen LogP contribution is 2.23. The Labute approximate surface area is 121 Å². The molecule has 1 aromatic carbocycles. The fourth-order valence-corrected chi connectivity index (χ4v) is 2.77. The third kappa shape index (κ3) is 3.79. The molecule has 1 heterocycles. The maximum absolute atomic E-state index is 12.3. The summed E-state index contributed by atoms with van der Waals surface area (Å²) in [5.74, 6) is 0.439. The molecule has 5 nitrogen and oxygen atoms in total. The summed E-state index contributed by atoms with van der Waals surface area (Å²) in [4.78, 5) is 4.65. The van der Waals surface area contributed by atoms with Gasteiger partial charge in [0.1, 0.15) is 16.8 Å². The smallest absolute Gasteiger partial charge is 0.127 e. The van der Waals surface area contributed by atoms with Crippen LogP contribution in [0.5, 0.6) is 0 Å². The minimum atomic E-state index is -1.26. The second-order valence-corrected chi connectivity index (χ2v) is 5.84. The molecule has 4 N–H and O–H groups in total. The van der Waals surface area contributed by atoms with E-state index in [-0.39, 0.29) is 6.04 Å². The van der Waals surface area contributed by atoms with Gasteiger partial charge in [-0.05, 0) is 32.0 Å². The fourth-order valence-electron chi connectivity index (χ4n) is 1.69. The Hall–Kier alpha value is -1.92. The molecule has 0 aliphatic rings. The van der Waals surface area contributed by atoms with Crippen LogP contribution in [0.4, 0.5) is 17.2 Å². The van der Waals surface area contributed by atoms with Crippen LogP contribution in [-0.4, -0.2) is 15.2 Å². The molecule has 2 aromatic rings. The molecule has 1 aromatic heterocycles. The van der Waals surface area contributed by atoms with Crippen LogP contribution in [-0.2, 0) is 11.0 Å². The van der Waals surface area contributed by atoms with Crippen molar-refractivity contribution in [2.45, 2.75) is 24.8 Å². The van der Waals surface area contributed by atoms with Crippen LogP contribution >= 0.6 is 0 Å². The van der Waals surface area contributed by atoms with Crippen LogP contribution in [0.15, 0.2) is 47.5 Å². The third-order valence-corrected chi connectivity index (χ3v) is 3.93. The van der Waals surface area contributed by atoms with Crippen LogP contribution in [0.3, 0.4) is 0 Å². The molecule has 0 aliphatic heterocycles. The van der Waals surface area contributed by atoms with Crippen molar-refractivity contribution in [3.8, 4) is 0 Å². The lowest BCUT2D eigenvalue weighted by Gasteiger charge is -2.13. The van der Waals surface area contributed by atoms with Crippen molar-refractivity contribution in [2.75, 3.05) is 11.1 Å². The van der Waals surface area contributed by atoms with Gasteiger partial charge in [0.25, 0.3) is 0 Å². The number of anilines is 3. The van der Waals surface area contributed by atoms with Crippen molar-refractivity contribution in [3.05, 3.63) is 42.6 Å². The fraction of sp³-hybridized carbons (Fsp3) is 0.214. The van der Waals surface area contributed by atoms with Crippen molar-refractivity contribution in [2.24, 2.45) is 0 Å². The van der Waals surface area contributed by atoms with Crippen molar-refractivity contribution >= 4 is 28.2 Å². The standard InChI is InChI=1S/C14H18N4OS/c1-10(2)18-20(19)13-6-4-3-5-12(13)17-11-7-8-16-14(15)9-11/h3-10,18H,1-2H3,(H3,15,16,17). The molecule has 0 radical (unpaired) electrons. The van der Waals surface area contributed by atoms with E-state index in [9.17, 15) is 4.21 Å². The highest BCUT2D eigenvalue weighted by molar-refractivity contribution is 7.83. The number of nitrogens with zero attached hydrogens (tertiary/aromatic N) is 1.